The van der Waals surface area contributed by atoms with E-state index >= 15 is 0 Å². The summed E-state index contributed by atoms with van der Waals surface area (Å²) in [5, 5.41) is 2.63. The van der Waals surface area contributed by atoms with E-state index in [1.54, 1.807) is 12.1 Å². The number of nitrogens with zero attached hydrogens (tertiary/aromatic N) is 2. The van der Waals surface area contributed by atoms with Crippen molar-refractivity contribution in [2.24, 2.45) is 0 Å². The zero-order chi connectivity index (χ0) is 16.1. The van der Waals surface area contributed by atoms with Crippen molar-refractivity contribution in [3.05, 3.63) is 78.4 Å². The summed E-state index contributed by atoms with van der Waals surface area (Å²) in [5.74, 6) is -0.145. The summed E-state index contributed by atoms with van der Waals surface area (Å²) in [5.41, 5.74) is 0.760. The van der Waals surface area contributed by atoms with E-state index in [-0.39, 0.29) is 11.9 Å². The van der Waals surface area contributed by atoms with Crippen molar-refractivity contribution >= 4 is 11.6 Å². The molecule has 23 heavy (non-hydrogen) atoms. The van der Waals surface area contributed by atoms with Gasteiger partial charge in [0.05, 0.1) is 18.1 Å². The molecule has 6 heteroatoms. The first-order valence-electron chi connectivity index (χ1n) is 6.82. The number of amides is 1. The Morgan fingerprint density at radius 1 is 0.957 bits per heavy atom. The molecule has 3 rings (SSSR count). The maximum Gasteiger partial charge on any atom is 0.322 e. The number of carbonyl (C=O) groups is 1. The van der Waals surface area contributed by atoms with Crippen LogP contribution in [-0.2, 0) is 0 Å². The number of hydrogen-bond acceptors (Lipinski definition) is 4. The van der Waals surface area contributed by atoms with Crippen molar-refractivity contribution in [3.63, 3.8) is 0 Å². The number of para-hydroxylation sites is 1. The lowest BCUT2D eigenvalue weighted by Crippen LogP contribution is -2.12. The van der Waals surface area contributed by atoms with E-state index in [2.05, 4.69) is 15.3 Å². The molecule has 0 atom stereocenters. The largest absolute Gasteiger partial charge is 0.424 e. The third kappa shape index (κ3) is 3.88. The first-order chi connectivity index (χ1) is 11.2. The van der Waals surface area contributed by atoms with Gasteiger partial charge in [-0.25, -0.2) is 14.4 Å². The molecule has 5 nitrogen and oxygen atoms in total. The molecule has 0 fully saturated rings. The van der Waals surface area contributed by atoms with Crippen LogP contribution in [0.2, 0.25) is 0 Å². The number of carbonyl (C=O) groups excluding carboxylic acids is 1. The van der Waals surface area contributed by atoms with Gasteiger partial charge in [-0.15, -0.1) is 0 Å². The topological polar surface area (TPSA) is 64.1 Å². The Morgan fingerprint density at radius 2 is 1.61 bits per heavy atom. The standard InChI is InChI=1S/C17H12FN3O2/c18-13-8-6-12(7-9-13)16(22)21-14-10-19-17(20-11-14)23-15-4-2-1-3-5-15/h1-11H,(H,21,22). The highest BCUT2D eigenvalue weighted by Gasteiger charge is 2.07. The highest BCUT2D eigenvalue weighted by atomic mass is 19.1. The molecule has 0 aliphatic carbocycles. The van der Waals surface area contributed by atoms with Gasteiger partial charge in [-0.2, -0.15) is 0 Å². The summed E-state index contributed by atoms with van der Waals surface area (Å²) < 4.78 is 18.3. The fourth-order valence-corrected chi connectivity index (χ4v) is 1.83. The zero-order valence-corrected chi connectivity index (χ0v) is 11.9. The molecule has 1 aromatic heterocycles. The van der Waals surface area contributed by atoms with Crippen LogP contribution < -0.4 is 10.1 Å². The van der Waals surface area contributed by atoms with Crippen LogP contribution in [0.5, 0.6) is 11.8 Å². The number of nitrogens with one attached hydrogen (secondary N) is 1. The third-order valence-electron chi connectivity index (χ3n) is 2.94. The molecule has 0 aliphatic rings. The van der Waals surface area contributed by atoms with Crippen LogP contribution in [0, 0.1) is 5.82 Å². The van der Waals surface area contributed by atoms with Gasteiger partial charge in [0.1, 0.15) is 11.6 Å². The number of benzene rings is 2. The lowest BCUT2D eigenvalue weighted by molar-refractivity contribution is 0.102. The Kier molecular flexibility index (Phi) is 4.24. The minimum absolute atomic E-state index is 0.177. The van der Waals surface area contributed by atoms with Gasteiger partial charge in [0.15, 0.2) is 0 Å². The van der Waals surface area contributed by atoms with Crippen molar-refractivity contribution in [2.75, 3.05) is 5.32 Å². The Hall–Kier alpha value is -3.28. The fourth-order valence-electron chi connectivity index (χ4n) is 1.83. The molecule has 0 saturated carbocycles. The van der Waals surface area contributed by atoms with Crippen LogP contribution in [0.3, 0.4) is 0 Å². The highest BCUT2D eigenvalue weighted by molar-refractivity contribution is 6.04. The Morgan fingerprint density at radius 3 is 2.26 bits per heavy atom. The zero-order valence-electron chi connectivity index (χ0n) is 11.9. The number of rotatable bonds is 4. The van der Waals surface area contributed by atoms with Crippen LogP contribution in [0.1, 0.15) is 10.4 Å². The molecule has 2 aromatic carbocycles. The average molecular weight is 309 g/mol. The number of halogens is 1. The maximum absolute atomic E-state index is 12.8. The summed E-state index contributed by atoms with van der Waals surface area (Å²) in [6.45, 7) is 0. The lowest BCUT2D eigenvalue weighted by atomic mass is 10.2. The molecule has 1 N–H and O–H groups in total. The Balaban J connectivity index is 1.65. The second-order valence-corrected chi connectivity index (χ2v) is 4.63. The normalized spacial score (nSPS) is 10.1. The summed E-state index contributed by atoms with van der Waals surface area (Å²) in [6, 6.07) is 14.6. The molecule has 1 amide bonds. The van der Waals surface area contributed by atoms with E-state index in [0.717, 1.165) is 0 Å². The van der Waals surface area contributed by atoms with E-state index in [0.29, 0.717) is 17.0 Å². The predicted molar refractivity (Wildman–Crippen MR) is 82.9 cm³/mol. The van der Waals surface area contributed by atoms with Crippen molar-refractivity contribution in [3.8, 4) is 11.8 Å². The van der Waals surface area contributed by atoms with Crippen LogP contribution in [-0.4, -0.2) is 15.9 Å². The average Bonchev–Trinajstić information content (AvgIpc) is 2.58. The highest BCUT2D eigenvalue weighted by Crippen LogP contribution is 2.17. The summed E-state index contributed by atoms with van der Waals surface area (Å²) in [4.78, 5) is 20.0. The van der Waals surface area contributed by atoms with E-state index in [1.807, 2.05) is 18.2 Å². The van der Waals surface area contributed by atoms with Gasteiger partial charge in [0.25, 0.3) is 5.91 Å². The molecule has 3 aromatic rings. The molecule has 0 saturated heterocycles. The smallest absolute Gasteiger partial charge is 0.322 e. The molecular formula is C17H12FN3O2. The monoisotopic (exact) mass is 309 g/mol. The first kappa shape index (κ1) is 14.6. The first-order valence-corrected chi connectivity index (χ1v) is 6.82. The molecule has 114 valence electrons. The predicted octanol–water partition coefficient (Wildman–Crippen LogP) is 3.66. The van der Waals surface area contributed by atoms with Gasteiger partial charge in [-0.1, -0.05) is 18.2 Å². The summed E-state index contributed by atoms with van der Waals surface area (Å²) >= 11 is 0. The summed E-state index contributed by atoms with van der Waals surface area (Å²) in [7, 11) is 0. The van der Waals surface area contributed by atoms with E-state index in [1.165, 1.54) is 36.7 Å². The van der Waals surface area contributed by atoms with Crippen LogP contribution in [0.4, 0.5) is 10.1 Å². The number of aromatic nitrogens is 2. The minimum atomic E-state index is -0.396. The molecule has 0 spiro atoms. The van der Waals surface area contributed by atoms with Gasteiger partial charge in [-0.05, 0) is 36.4 Å². The SMILES string of the molecule is O=C(Nc1cnc(Oc2ccccc2)nc1)c1ccc(F)cc1. The van der Waals surface area contributed by atoms with Gasteiger partial charge >= 0.3 is 6.01 Å². The van der Waals surface area contributed by atoms with Gasteiger partial charge in [0, 0.05) is 5.56 Å². The third-order valence-corrected chi connectivity index (χ3v) is 2.94. The van der Waals surface area contributed by atoms with E-state index in [4.69, 9.17) is 4.74 Å². The minimum Gasteiger partial charge on any atom is -0.424 e. The van der Waals surface area contributed by atoms with Crippen LogP contribution >= 0.6 is 0 Å². The lowest BCUT2D eigenvalue weighted by Gasteiger charge is -2.06. The molecule has 0 radical (unpaired) electrons. The van der Waals surface area contributed by atoms with Crippen molar-refractivity contribution in [1.82, 2.24) is 9.97 Å². The molecular weight excluding hydrogens is 297 g/mol. The van der Waals surface area contributed by atoms with E-state index < -0.39 is 5.82 Å². The number of ether oxygens (including phenoxy) is 1. The Labute approximate surface area is 131 Å². The van der Waals surface area contributed by atoms with Crippen LogP contribution in [0.25, 0.3) is 0 Å². The molecule has 0 unspecified atom stereocenters. The quantitative estimate of drug-likeness (QED) is 0.799. The number of anilines is 1. The van der Waals surface area contributed by atoms with Gasteiger partial charge in [-0.3, -0.25) is 4.79 Å². The van der Waals surface area contributed by atoms with Crippen molar-refractivity contribution in [2.45, 2.75) is 0 Å². The van der Waals surface area contributed by atoms with Gasteiger partial charge < -0.3 is 10.1 Å². The second kappa shape index (κ2) is 6.65. The maximum atomic E-state index is 12.8. The van der Waals surface area contributed by atoms with Gasteiger partial charge in [0.2, 0.25) is 0 Å². The fraction of sp³-hybridized carbons (Fsp3) is 0. The van der Waals surface area contributed by atoms with Crippen molar-refractivity contribution in [1.29, 1.82) is 0 Å². The van der Waals surface area contributed by atoms with E-state index in [9.17, 15) is 9.18 Å². The second-order valence-electron chi connectivity index (χ2n) is 4.63. The molecule has 0 bridgehead atoms. The van der Waals surface area contributed by atoms with Crippen molar-refractivity contribution < 1.29 is 13.9 Å². The molecule has 0 aliphatic heterocycles. The van der Waals surface area contributed by atoms with Crippen LogP contribution in [0.15, 0.2) is 67.0 Å². The summed E-state index contributed by atoms with van der Waals surface area (Å²) in [6.07, 6.45) is 2.87. The Bertz CT molecular complexity index is 790. The number of hydrogen-bond donors (Lipinski definition) is 1. The molecule has 1 heterocycles.